The van der Waals surface area contributed by atoms with E-state index in [9.17, 15) is 0 Å². The molecule has 12 heavy (non-hydrogen) atoms. The summed E-state index contributed by atoms with van der Waals surface area (Å²) in [5.74, 6) is 0. The highest BCUT2D eigenvalue weighted by atomic mass is 16.7. The van der Waals surface area contributed by atoms with E-state index in [4.69, 9.17) is 4.84 Å². The molecule has 1 aromatic carbocycles. The lowest BCUT2D eigenvalue weighted by Crippen LogP contribution is -2.35. The third kappa shape index (κ3) is 0.891. The molecule has 0 aliphatic carbocycles. The minimum Gasteiger partial charge on any atom is -0.196 e. The Morgan fingerprint density at radius 3 is 2.75 bits per heavy atom. The smallest absolute Gasteiger partial charge is 0.177 e. The predicted molar refractivity (Wildman–Crippen MR) is 50.2 cm³/mol. The summed E-state index contributed by atoms with van der Waals surface area (Å²) in [6.45, 7) is 0. The lowest BCUT2D eigenvalue weighted by atomic mass is 10.2. The fraction of sp³-hybridized carbons (Fsp3) is 0.200. The number of hydroxylamine groups is 2. The van der Waals surface area contributed by atoms with Gasteiger partial charge in [0.2, 0.25) is 0 Å². The summed E-state index contributed by atoms with van der Waals surface area (Å²) in [7, 11) is 3.73. The Morgan fingerprint density at radius 2 is 2.00 bits per heavy atom. The Hall–Kier alpha value is -1.12. The number of para-hydroxylation sites is 1. The molecule has 0 fully saturated rings. The van der Waals surface area contributed by atoms with Crippen LogP contribution in [0.2, 0.25) is 0 Å². The zero-order valence-electron chi connectivity index (χ0n) is 7.32. The highest BCUT2D eigenvalue weighted by Gasteiger charge is 2.30. The number of benzene rings is 1. The molecular weight excluding hydrogens is 150 g/mol. The van der Waals surface area contributed by atoms with Gasteiger partial charge >= 0.3 is 0 Å². The van der Waals surface area contributed by atoms with Gasteiger partial charge in [-0.25, -0.2) is 0 Å². The van der Waals surface area contributed by atoms with Gasteiger partial charge in [-0.15, -0.1) is 4.65 Å². The Balaban J connectivity index is 2.56. The first-order valence-electron chi connectivity index (χ1n) is 3.97. The second-order valence-corrected chi connectivity index (χ2v) is 3.05. The van der Waals surface area contributed by atoms with Crippen LogP contribution in [0.4, 0.5) is 5.69 Å². The Bertz CT molecular complexity index is 332. The van der Waals surface area contributed by atoms with Gasteiger partial charge in [0.25, 0.3) is 0 Å². The average molecular weight is 162 g/mol. The third-order valence-electron chi connectivity index (χ3n) is 2.33. The number of quaternary nitrogens is 1. The summed E-state index contributed by atoms with van der Waals surface area (Å²) in [6, 6.07) is 8.24. The molecule has 1 aliphatic heterocycles. The Labute approximate surface area is 72.2 Å². The summed E-state index contributed by atoms with van der Waals surface area (Å²) in [4.78, 5) is 5.38. The van der Waals surface area contributed by atoms with Crippen molar-refractivity contribution in [1.29, 1.82) is 0 Å². The van der Waals surface area contributed by atoms with Gasteiger partial charge in [-0.2, -0.15) is 4.84 Å². The van der Waals surface area contributed by atoms with Gasteiger partial charge in [-0.05, 0) is 6.07 Å². The highest BCUT2D eigenvalue weighted by Crippen LogP contribution is 2.33. The monoisotopic (exact) mass is 162 g/mol. The standard InChI is InChI=1S/C10H12NO/c1-11(12-2)8-7-9-5-3-4-6-10(9)11/h3-8H,1-2H3/q+1. The third-order valence-corrected chi connectivity index (χ3v) is 2.33. The van der Waals surface area contributed by atoms with Crippen LogP contribution in [0.25, 0.3) is 6.08 Å². The van der Waals surface area contributed by atoms with Crippen molar-refractivity contribution in [2.75, 3.05) is 14.2 Å². The van der Waals surface area contributed by atoms with Gasteiger partial charge in [-0.1, -0.05) is 12.1 Å². The zero-order chi connectivity index (χ0) is 8.60. The summed E-state index contributed by atoms with van der Waals surface area (Å²) in [5.41, 5.74) is 2.43. The van der Waals surface area contributed by atoms with Crippen LogP contribution in [-0.2, 0) is 4.84 Å². The number of fused-ring (bicyclic) bond motifs is 1. The minimum atomic E-state index is 0.441. The number of nitrogens with zero attached hydrogens (tertiary/aromatic N) is 1. The molecule has 1 unspecified atom stereocenters. The van der Waals surface area contributed by atoms with Crippen LogP contribution in [0.5, 0.6) is 0 Å². The summed E-state index contributed by atoms with van der Waals surface area (Å²) < 4.78 is 0.441. The first kappa shape index (κ1) is 7.53. The molecule has 2 nitrogen and oxygen atoms in total. The predicted octanol–water partition coefficient (Wildman–Crippen LogP) is 2.17. The van der Waals surface area contributed by atoms with E-state index in [0.717, 1.165) is 0 Å². The molecule has 1 heterocycles. The lowest BCUT2D eigenvalue weighted by Gasteiger charge is -2.21. The van der Waals surface area contributed by atoms with Crippen molar-refractivity contribution in [2.24, 2.45) is 0 Å². The van der Waals surface area contributed by atoms with Crippen LogP contribution in [0.3, 0.4) is 0 Å². The molecule has 0 saturated carbocycles. The molecule has 2 heteroatoms. The minimum absolute atomic E-state index is 0.441. The van der Waals surface area contributed by atoms with Crippen molar-refractivity contribution in [1.82, 2.24) is 4.65 Å². The van der Waals surface area contributed by atoms with Crippen LogP contribution in [0.1, 0.15) is 5.56 Å². The van der Waals surface area contributed by atoms with Crippen molar-refractivity contribution < 1.29 is 4.84 Å². The van der Waals surface area contributed by atoms with Gasteiger partial charge in [0, 0.05) is 17.7 Å². The van der Waals surface area contributed by atoms with Crippen LogP contribution < -0.4 is 4.65 Å². The van der Waals surface area contributed by atoms with E-state index in [1.807, 2.05) is 25.4 Å². The molecule has 0 spiro atoms. The average Bonchev–Trinajstić information content (AvgIpc) is 2.46. The van der Waals surface area contributed by atoms with E-state index in [1.54, 1.807) is 7.11 Å². The number of rotatable bonds is 1. The molecule has 1 aliphatic rings. The van der Waals surface area contributed by atoms with E-state index < -0.39 is 0 Å². The maximum Gasteiger partial charge on any atom is 0.177 e. The summed E-state index contributed by atoms with van der Waals surface area (Å²) >= 11 is 0. The molecule has 0 radical (unpaired) electrons. The van der Waals surface area contributed by atoms with E-state index >= 15 is 0 Å². The highest BCUT2D eigenvalue weighted by molar-refractivity contribution is 5.71. The largest absolute Gasteiger partial charge is 0.196 e. The van der Waals surface area contributed by atoms with Crippen LogP contribution in [0.15, 0.2) is 30.5 Å². The van der Waals surface area contributed by atoms with Gasteiger partial charge in [0.1, 0.15) is 13.2 Å². The topological polar surface area (TPSA) is 9.23 Å². The molecule has 1 atom stereocenters. The first-order valence-corrected chi connectivity index (χ1v) is 3.97. The second-order valence-electron chi connectivity index (χ2n) is 3.05. The van der Waals surface area contributed by atoms with E-state index in [0.29, 0.717) is 4.65 Å². The van der Waals surface area contributed by atoms with Gasteiger partial charge < -0.3 is 0 Å². The SMILES string of the molecule is CO[N+]1(C)C=Cc2ccccc21. The lowest BCUT2D eigenvalue weighted by molar-refractivity contribution is -0.0531. The van der Waals surface area contributed by atoms with E-state index in [2.05, 4.69) is 18.2 Å². The van der Waals surface area contributed by atoms with Crippen LogP contribution in [0, 0.1) is 0 Å². The second kappa shape index (κ2) is 2.44. The number of hydrogen-bond donors (Lipinski definition) is 0. The van der Waals surface area contributed by atoms with Crippen molar-refractivity contribution in [2.45, 2.75) is 0 Å². The van der Waals surface area contributed by atoms with Crippen LogP contribution >= 0.6 is 0 Å². The molecule has 0 saturated heterocycles. The van der Waals surface area contributed by atoms with E-state index in [-0.39, 0.29) is 0 Å². The maximum atomic E-state index is 5.38. The van der Waals surface area contributed by atoms with Gasteiger partial charge in [-0.3, -0.25) is 0 Å². The summed E-state index contributed by atoms with van der Waals surface area (Å²) in [5, 5.41) is 0. The van der Waals surface area contributed by atoms with Crippen molar-refractivity contribution in [3.63, 3.8) is 0 Å². The zero-order valence-corrected chi connectivity index (χ0v) is 7.32. The summed E-state index contributed by atoms with van der Waals surface area (Å²) in [6.07, 6.45) is 4.11. The quantitative estimate of drug-likeness (QED) is 0.575. The normalized spacial score (nSPS) is 25.8. The maximum absolute atomic E-state index is 5.38. The molecule has 62 valence electrons. The molecule has 0 bridgehead atoms. The fourth-order valence-corrected chi connectivity index (χ4v) is 1.49. The molecule has 2 rings (SSSR count). The molecular formula is C10H12NO+. The Kier molecular flexibility index (Phi) is 1.53. The van der Waals surface area contributed by atoms with Gasteiger partial charge in [0.05, 0.1) is 7.11 Å². The van der Waals surface area contributed by atoms with Crippen LogP contribution in [-0.4, -0.2) is 14.2 Å². The fourth-order valence-electron chi connectivity index (χ4n) is 1.49. The first-order chi connectivity index (χ1) is 5.76. The molecule has 1 aromatic rings. The van der Waals surface area contributed by atoms with Crippen molar-refractivity contribution >= 4 is 11.8 Å². The van der Waals surface area contributed by atoms with Gasteiger partial charge in [0.15, 0.2) is 5.69 Å². The Morgan fingerprint density at radius 1 is 1.25 bits per heavy atom. The molecule has 0 amide bonds. The van der Waals surface area contributed by atoms with Crippen molar-refractivity contribution in [3.8, 4) is 0 Å². The molecule has 0 aromatic heterocycles. The van der Waals surface area contributed by atoms with E-state index in [1.165, 1.54) is 11.3 Å². The van der Waals surface area contributed by atoms with Crippen molar-refractivity contribution in [3.05, 3.63) is 36.0 Å². The number of hydrogen-bond acceptors (Lipinski definition) is 1. The molecule has 0 N–H and O–H groups in total.